The van der Waals surface area contributed by atoms with Crippen LogP contribution in [0.4, 0.5) is 0 Å². The van der Waals surface area contributed by atoms with Gasteiger partial charge in [0.25, 0.3) is 5.56 Å². The predicted molar refractivity (Wildman–Crippen MR) is 137 cm³/mol. The lowest BCUT2D eigenvalue weighted by Crippen LogP contribution is -2.28. The average Bonchev–Trinajstić information content (AvgIpc) is 3.35. The van der Waals surface area contributed by atoms with Gasteiger partial charge in [-0.15, -0.1) is 0 Å². The molecule has 5 nitrogen and oxygen atoms in total. The van der Waals surface area contributed by atoms with E-state index in [0.29, 0.717) is 24.4 Å². The van der Waals surface area contributed by atoms with E-state index in [9.17, 15) is 10.1 Å². The van der Waals surface area contributed by atoms with Crippen molar-refractivity contribution in [3.05, 3.63) is 111 Å². The molecule has 35 heavy (non-hydrogen) atoms. The Bertz CT molecular complexity index is 1490. The van der Waals surface area contributed by atoms with Crippen molar-refractivity contribution in [1.82, 2.24) is 9.55 Å². The lowest BCUT2D eigenvalue weighted by molar-refractivity contribution is 0.357. The third-order valence-electron chi connectivity index (χ3n) is 6.54. The van der Waals surface area contributed by atoms with Gasteiger partial charge in [0.1, 0.15) is 11.6 Å². The average molecular weight is 462 g/mol. The number of fused-ring (bicyclic) bond motifs is 1. The van der Waals surface area contributed by atoms with Crippen molar-refractivity contribution in [1.29, 1.82) is 5.26 Å². The fraction of sp³-hybridized carbons (Fsp3) is 0.233. The maximum Gasteiger partial charge on any atom is 0.261 e. The van der Waals surface area contributed by atoms with Gasteiger partial charge < -0.3 is 4.74 Å². The minimum absolute atomic E-state index is 0.0151. The Morgan fingerprint density at radius 3 is 2.66 bits per heavy atom. The largest absolute Gasteiger partial charge is 0.493 e. The molecule has 0 fully saturated rings. The minimum atomic E-state index is -0.0151. The highest BCUT2D eigenvalue weighted by molar-refractivity contribution is 5.70. The molecule has 5 heteroatoms. The summed E-state index contributed by atoms with van der Waals surface area (Å²) in [5, 5.41) is 9.43. The normalized spacial score (nSPS) is 12.1. The molecule has 0 N–H and O–H groups in total. The van der Waals surface area contributed by atoms with Crippen LogP contribution in [0.15, 0.2) is 71.5 Å². The van der Waals surface area contributed by atoms with Crippen LogP contribution in [0.25, 0.3) is 16.8 Å². The first kappa shape index (κ1) is 22.6. The van der Waals surface area contributed by atoms with Crippen LogP contribution < -0.4 is 10.3 Å². The summed E-state index contributed by atoms with van der Waals surface area (Å²) in [5.41, 5.74) is 7.13. The molecule has 0 saturated carbocycles. The van der Waals surface area contributed by atoms with Gasteiger partial charge in [0, 0.05) is 18.4 Å². The molecule has 1 aliphatic rings. The van der Waals surface area contributed by atoms with Crippen molar-refractivity contribution in [2.24, 2.45) is 0 Å². The molecule has 4 aromatic rings. The van der Waals surface area contributed by atoms with Crippen LogP contribution in [-0.4, -0.2) is 16.2 Å². The molecule has 0 aliphatic carbocycles. The molecule has 0 bridgehead atoms. The quantitative estimate of drug-likeness (QED) is 0.377. The maximum absolute atomic E-state index is 13.8. The number of rotatable bonds is 6. The van der Waals surface area contributed by atoms with Crippen LogP contribution >= 0.6 is 0 Å². The topological polar surface area (TPSA) is 67.9 Å². The fourth-order valence-electron chi connectivity index (χ4n) is 4.79. The van der Waals surface area contributed by atoms with Gasteiger partial charge in [-0.1, -0.05) is 55.8 Å². The highest BCUT2D eigenvalue weighted by atomic mass is 16.5. The Kier molecular flexibility index (Phi) is 6.20. The summed E-state index contributed by atoms with van der Waals surface area (Å²) in [6, 6.07) is 23.9. The standard InChI is InChI=1S/C30H27N3O2/c1-3-6-28-27(17-21-9-11-22(12-10-21)26-8-5-4-7-24(26)19-31)30(34)33(20(2)32-28)25-13-14-29-23(18-25)15-16-35-29/h4-5,7-14,18H,3,6,15-17H2,1-2H3. The molecule has 174 valence electrons. The summed E-state index contributed by atoms with van der Waals surface area (Å²) in [6.07, 6.45) is 3.04. The molecule has 0 radical (unpaired) electrons. The van der Waals surface area contributed by atoms with E-state index in [2.05, 4.69) is 13.0 Å². The number of nitriles is 1. The van der Waals surface area contributed by atoms with E-state index in [1.165, 1.54) is 0 Å². The number of ether oxygens (including phenoxy) is 1. The molecule has 1 aromatic heterocycles. The zero-order valence-corrected chi connectivity index (χ0v) is 20.0. The van der Waals surface area contributed by atoms with Crippen LogP contribution in [0, 0.1) is 18.3 Å². The second-order valence-corrected chi connectivity index (χ2v) is 8.90. The second kappa shape index (κ2) is 9.60. The van der Waals surface area contributed by atoms with Crippen LogP contribution in [0.5, 0.6) is 5.75 Å². The molecule has 3 aromatic carbocycles. The van der Waals surface area contributed by atoms with Gasteiger partial charge >= 0.3 is 0 Å². The molecule has 0 amide bonds. The molecule has 0 atom stereocenters. The molecular weight excluding hydrogens is 434 g/mol. The Labute approximate surface area is 205 Å². The summed E-state index contributed by atoms with van der Waals surface area (Å²) in [7, 11) is 0. The summed E-state index contributed by atoms with van der Waals surface area (Å²) in [4.78, 5) is 18.7. The number of aryl methyl sites for hydroxylation is 2. The van der Waals surface area contributed by atoms with E-state index >= 15 is 0 Å². The molecule has 0 unspecified atom stereocenters. The van der Waals surface area contributed by atoms with Crippen LogP contribution in [0.3, 0.4) is 0 Å². The summed E-state index contributed by atoms with van der Waals surface area (Å²) < 4.78 is 7.37. The fourth-order valence-corrected chi connectivity index (χ4v) is 4.79. The summed E-state index contributed by atoms with van der Waals surface area (Å²) in [5.74, 6) is 1.60. The number of hydrogen-bond acceptors (Lipinski definition) is 4. The Morgan fingerprint density at radius 1 is 1.09 bits per heavy atom. The third kappa shape index (κ3) is 4.36. The SMILES string of the molecule is CCCc1nc(C)n(-c2ccc3c(c2)CCO3)c(=O)c1Cc1ccc(-c2ccccc2C#N)cc1. The van der Waals surface area contributed by atoms with E-state index in [4.69, 9.17) is 9.72 Å². The van der Waals surface area contributed by atoms with E-state index < -0.39 is 0 Å². The first-order valence-electron chi connectivity index (χ1n) is 12.0. The van der Waals surface area contributed by atoms with Crippen molar-refractivity contribution in [2.45, 2.75) is 39.5 Å². The van der Waals surface area contributed by atoms with Gasteiger partial charge in [0.05, 0.1) is 29.6 Å². The van der Waals surface area contributed by atoms with Gasteiger partial charge in [-0.05, 0) is 59.9 Å². The van der Waals surface area contributed by atoms with Gasteiger partial charge in [-0.2, -0.15) is 5.26 Å². The third-order valence-corrected chi connectivity index (χ3v) is 6.54. The van der Waals surface area contributed by atoms with E-state index in [0.717, 1.165) is 64.2 Å². The lowest BCUT2D eigenvalue weighted by atomic mass is 9.97. The van der Waals surface area contributed by atoms with Gasteiger partial charge in [0.15, 0.2) is 0 Å². The highest BCUT2D eigenvalue weighted by Gasteiger charge is 2.19. The lowest BCUT2D eigenvalue weighted by Gasteiger charge is -2.16. The smallest absolute Gasteiger partial charge is 0.261 e. The van der Waals surface area contributed by atoms with Gasteiger partial charge in [-0.25, -0.2) is 4.98 Å². The minimum Gasteiger partial charge on any atom is -0.493 e. The maximum atomic E-state index is 13.8. The van der Waals surface area contributed by atoms with Crippen molar-refractivity contribution in [3.8, 4) is 28.6 Å². The van der Waals surface area contributed by atoms with Crippen LogP contribution in [0.1, 0.15) is 47.1 Å². The highest BCUT2D eigenvalue weighted by Crippen LogP contribution is 2.28. The number of nitrogens with zero attached hydrogens (tertiary/aromatic N) is 3. The first-order valence-corrected chi connectivity index (χ1v) is 12.0. The van der Waals surface area contributed by atoms with E-state index in [1.807, 2.05) is 73.7 Å². The number of hydrogen-bond donors (Lipinski definition) is 0. The van der Waals surface area contributed by atoms with Crippen molar-refractivity contribution in [2.75, 3.05) is 6.61 Å². The number of benzene rings is 3. The monoisotopic (exact) mass is 461 g/mol. The van der Waals surface area contributed by atoms with E-state index in [1.54, 1.807) is 4.57 Å². The summed E-state index contributed by atoms with van der Waals surface area (Å²) in [6.45, 7) is 4.68. The molecule has 0 spiro atoms. The first-order chi connectivity index (χ1) is 17.1. The van der Waals surface area contributed by atoms with Crippen molar-refractivity contribution < 1.29 is 4.74 Å². The number of aromatic nitrogens is 2. The second-order valence-electron chi connectivity index (χ2n) is 8.90. The molecule has 2 heterocycles. The van der Waals surface area contributed by atoms with Crippen molar-refractivity contribution in [3.63, 3.8) is 0 Å². The molecular formula is C30H27N3O2. The Hall–Kier alpha value is -4.17. The van der Waals surface area contributed by atoms with E-state index in [-0.39, 0.29) is 5.56 Å². The molecule has 0 saturated heterocycles. The van der Waals surface area contributed by atoms with Crippen LogP contribution in [-0.2, 0) is 19.3 Å². The van der Waals surface area contributed by atoms with Gasteiger partial charge in [0.2, 0.25) is 0 Å². The predicted octanol–water partition coefficient (Wildman–Crippen LogP) is 5.56. The van der Waals surface area contributed by atoms with Crippen LogP contribution in [0.2, 0.25) is 0 Å². The molecule has 1 aliphatic heterocycles. The molecule has 5 rings (SSSR count). The Balaban J connectivity index is 1.53. The zero-order valence-electron chi connectivity index (χ0n) is 20.0. The Morgan fingerprint density at radius 2 is 1.89 bits per heavy atom. The van der Waals surface area contributed by atoms with Gasteiger partial charge in [-0.3, -0.25) is 9.36 Å². The summed E-state index contributed by atoms with van der Waals surface area (Å²) >= 11 is 0. The van der Waals surface area contributed by atoms with Crippen molar-refractivity contribution >= 4 is 0 Å². The zero-order chi connectivity index (χ0) is 24.4.